The third kappa shape index (κ3) is 26.9. The summed E-state index contributed by atoms with van der Waals surface area (Å²) >= 11 is 0. The van der Waals surface area contributed by atoms with E-state index < -0.39 is 23.8 Å². The van der Waals surface area contributed by atoms with Crippen molar-refractivity contribution in [3.63, 3.8) is 0 Å². The molecule has 0 bridgehead atoms. The molecule has 29 heavy (non-hydrogen) atoms. The van der Waals surface area contributed by atoms with Crippen LogP contribution in [0.25, 0.3) is 0 Å². The van der Waals surface area contributed by atoms with Crippen molar-refractivity contribution in [2.45, 2.75) is 80.1 Å². The third-order valence-corrected chi connectivity index (χ3v) is 3.16. The molecule has 2 atom stereocenters. The van der Waals surface area contributed by atoms with E-state index in [1.54, 1.807) is 27.7 Å². The summed E-state index contributed by atoms with van der Waals surface area (Å²) in [6.45, 7) is 10.9. The minimum absolute atomic E-state index is 0. The Morgan fingerprint density at radius 2 is 0.862 bits per heavy atom. The first-order chi connectivity index (χ1) is 13.1. The maximum atomic E-state index is 11.0. The van der Waals surface area contributed by atoms with Gasteiger partial charge in [-0.2, -0.15) is 0 Å². The van der Waals surface area contributed by atoms with Crippen LogP contribution in [0.4, 0.5) is 0 Å². The van der Waals surface area contributed by atoms with Crippen LogP contribution in [0.3, 0.4) is 0 Å². The second kappa shape index (κ2) is 29.1. The number of hydrogen-bond acceptors (Lipinski definition) is 8. The van der Waals surface area contributed by atoms with E-state index >= 15 is 0 Å². The van der Waals surface area contributed by atoms with Gasteiger partial charge in [0, 0.05) is 26.1 Å². The molecule has 0 fully saturated rings. The molecule has 0 aromatic rings. The van der Waals surface area contributed by atoms with Crippen LogP contribution < -0.4 is 10.2 Å². The molecule has 0 aromatic carbocycles. The Morgan fingerprint density at radius 3 is 0.966 bits per heavy atom. The van der Waals surface area contributed by atoms with Crippen molar-refractivity contribution < 1.29 is 61.3 Å². The molecule has 0 aliphatic heterocycles. The van der Waals surface area contributed by atoms with Crippen LogP contribution >= 0.6 is 0 Å². The number of aliphatic hydroxyl groups excluding tert-OH is 2. The molecule has 0 saturated heterocycles. The van der Waals surface area contributed by atoms with Gasteiger partial charge in [0.15, 0.2) is 0 Å². The van der Waals surface area contributed by atoms with Gasteiger partial charge in [-0.05, 0) is 39.5 Å². The van der Waals surface area contributed by atoms with Crippen molar-refractivity contribution in [3.8, 4) is 0 Å². The fourth-order valence-electron chi connectivity index (χ4n) is 1.89. The number of aliphatic hydroxyl groups is 2. The number of carbonyl (C=O) groups is 4. The van der Waals surface area contributed by atoms with Crippen LogP contribution in [0.15, 0.2) is 0 Å². The number of hydrogen-bond donors (Lipinski definition) is 2. The van der Waals surface area contributed by atoms with E-state index in [1.165, 1.54) is 0 Å². The Labute approximate surface area is 190 Å². The van der Waals surface area contributed by atoms with Crippen molar-refractivity contribution in [1.82, 2.24) is 0 Å². The Balaban J connectivity index is -0.000000101. The summed E-state index contributed by atoms with van der Waals surface area (Å²) in [5.74, 6) is -4.70. The number of carboxylic acids is 2. The predicted octanol–water partition coefficient (Wildman–Crippen LogP) is 0.258. The van der Waals surface area contributed by atoms with Crippen molar-refractivity contribution >= 4 is 23.5 Å². The molecule has 2 unspecified atom stereocenters. The summed E-state index contributed by atoms with van der Waals surface area (Å²) in [6, 6.07) is 0. The molecule has 170 valence electrons. The molecule has 0 radical (unpaired) electrons. The quantitative estimate of drug-likeness (QED) is 0.352. The van der Waals surface area contributed by atoms with Gasteiger partial charge >= 0.3 is 21.7 Å². The molecule has 0 rings (SSSR count). The van der Waals surface area contributed by atoms with Crippen LogP contribution in [0.1, 0.15) is 80.1 Å². The Bertz CT molecular complexity index is 375. The number of carboxylic acid groups (broad SMARTS) is 2. The minimum atomic E-state index is -1.24. The molecule has 0 spiro atoms. The van der Waals surface area contributed by atoms with E-state index in [9.17, 15) is 29.4 Å². The van der Waals surface area contributed by atoms with Crippen molar-refractivity contribution in [2.24, 2.45) is 11.8 Å². The van der Waals surface area contributed by atoms with Gasteiger partial charge in [-0.15, -0.1) is 0 Å². The standard InChI is InChI=1S/2C8H14O3.2C2H6O.Ti/c2*1-3-5-7(9)6(4-2)8(10)11;2*1-2-3;/h2*6H,3-5H2,1-2H3,(H,10,11);2*3H,2H2,1H3;/q;;;;+2/p-2. The average Bonchev–Trinajstić information content (AvgIpc) is 2.58. The molecule has 0 amide bonds. The zero-order valence-corrected chi connectivity index (χ0v) is 20.2. The van der Waals surface area contributed by atoms with Gasteiger partial charge < -0.3 is 30.0 Å². The fraction of sp³-hybridized carbons (Fsp3) is 0.800. The SMILES string of the molecule is CCCC(=O)C(CC)C(=O)[O-].CCCC(=O)C(CC)C(=O)[O-].CCO.CCO.[Ti+2]. The summed E-state index contributed by atoms with van der Waals surface area (Å²) in [6.07, 6.45) is 2.74. The minimum Gasteiger partial charge on any atom is -0.549 e. The monoisotopic (exact) mass is 454 g/mol. The number of Topliss-reactive ketones (excluding diaryl/α,β-unsaturated/α-hetero) is 2. The van der Waals surface area contributed by atoms with Crippen LogP contribution in [0.2, 0.25) is 0 Å². The van der Waals surface area contributed by atoms with Gasteiger partial charge in [0.05, 0.1) is 23.8 Å². The van der Waals surface area contributed by atoms with Crippen molar-refractivity contribution in [1.29, 1.82) is 0 Å². The normalized spacial score (nSPS) is 10.8. The first-order valence-electron chi connectivity index (χ1n) is 9.78. The van der Waals surface area contributed by atoms with Crippen LogP contribution in [0, 0.1) is 11.8 Å². The van der Waals surface area contributed by atoms with Gasteiger partial charge in [-0.3, -0.25) is 9.59 Å². The third-order valence-electron chi connectivity index (χ3n) is 3.16. The molecular weight excluding hydrogens is 416 g/mol. The smallest absolute Gasteiger partial charge is 0.549 e. The summed E-state index contributed by atoms with van der Waals surface area (Å²) in [5, 5.41) is 35.8. The largest absolute Gasteiger partial charge is 2.00 e. The Kier molecular flexibility index (Phi) is 38.7. The second-order valence-corrected chi connectivity index (χ2v) is 5.62. The van der Waals surface area contributed by atoms with Gasteiger partial charge in [0.2, 0.25) is 0 Å². The number of aliphatic carboxylic acids is 2. The van der Waals surface area contributed by atoms with E-state index in [4.69, 9.17) is 10.2 Å². The molecule has 0 aliphatic carbocycles. The molecule has 2 N–H and O–H groups in total. The zero-order chi connectivity index (χ0) is 23.1. The Hall–Kier alpha value is -1.09. The number of carbonyl (C=O) groups excluding carboxylic acids is 4. The van der Waals surface area contributed by atoms with E-state index in [0.29, 0.717) is 38.5 Å². The van der Waals surface area contributed by atoms with Crippen LogP contribution in [-0.4, -0.2) is 46.9 Å². The molecule has 0 aliphatic rings. The first-order valence-corrected chi connectivity index (χ1v) is 9.78. The van der Waals surface area contributed by atoms with Gasteiger partial charge in [-0.1, -0.05) is 27.7 Å². The molecule has 0 heterocycles. The fourth-order valence-corrected chi connectivity index (χ4v) is 1.89. The first kappa shape index (κ1) is 38.5. The molecular formula is C20H38O8Ti. The summed E-state index contributed by atoms with van der Waals surface area (Å²) in [7, 11) is 0. The number of ketones is 2. The van der Waals surface area contributed by atoms with Gasteiger partial charge in [0.25, 0.3) is 0 Å². The predicted molar refractivity (Wildman–Crippen MR) is 103 cm³/mol. The van der Waals surface area contributed by atoms with Crippen molar-refractivity contribution in [2.75, 3.05) is 13.2 Å². The molecule has 0 aromatic heterocycles. The van der Waals surface area contributed by atoms with E-state index in [2.05, 4.69) is 0 Å². The summed E-state index contributed by atoms with van der Waals surface area (Å²) in [5.41, 5.74) is 0. The molecule has 9 heteroatoms. The average molecular weight is 454 g/mol. The van der Waals surface area contributed by atoms with Crippen LogP contribution in [0.5, 0.6) is 0 Å². The molecule has 0 saturated carbocycles. The van der Waals surface area contributed by atoms with E-state index in [1.807, 2.05) is 13.8 Å². The maximum absolute atomic E-state index is 11.0. The van der Waals surface area contributed by atoms with Gasteiger partial charge in [0.1, 0.15) is 11.6 Å². The zero-order valence-electron chi connectivity index (χ0n) is 18.7. The Morgan fingerprint density at radius 1 is 0.655 bits per heavy atom. The summed E-state index contributed by atoms with van der Waals surface area (Å²) < 4.78 is 0. The van der Waals surface area contributed by atoms with E-state index in [0.717, 1.165) is 0 Å². The van der Waals surface area contributed by atoms with Crippen LogP contribution in [-0.2, 0) is 40.9 Å². The van der Waals surface area contributed by atoms with E-state index in [-0.39, 0.29) is 46.5 Å². The molecule has 8 nitrogen and oxygen atoms in total. The topological polar surface area (TPSA) is 155 Å². The van der Waals surface area contributed by atoms with Crippen molar-refractivity contribution in [3.05, 3.63) is 0 Å². The van der Waals surface area contributed by atoms with Gasteiger partial charge in [-0.25, -0.2) is 0 Å². The second-order valence-electron chi connectivity index (χ2n) is 5.62. The summed E-state index contributed by atoms with van der Waals surface area (Å²) in [4.78, 5) is 42.6. The number of rotatable bonds is 10. The maximum Gasteiger partial charge on any atom is 2.00 e.